The molecule has 0 radical (unpaired) electrons. The van der Waals surface area contributed by atoms with Crippen LogP contribution in [0.5, 0.6) is 0 Å². The maximum atomic E-state index is 12.9. The number of nitrogens with one attached hydrogen (secondary N) is 1. The number of alkyl halides is 3. The van der Waals surface area contributed by atoms with Gasteiger partial charge in [0, 0.05) is 23.7 Å². The molecule has 2 rings (SSSR count). The Hall–Kier alpha value is -2.30. The van der Waals surface area contributed by atoms with Crippen LogP contribution in [0.25, 0.3) is 0 Å². The molecule has 30 heavy (non-hydrogen) atoms. The van der Waals surface area contributed by atoms with E-state index < -0.39 is 39.1 Å². The highest BCUT2D eigenvalue weighted by atomic mass is 32.2. The molecule has 0 saturated carbocycles. The Bertz CT molecular complexity index is 965. The van der Waals surface area contributed by atoms with Gasteiger partial charge in [-0.25, -0.2) is 8.42 Å². The van der Waals surface area contributed by atoms with Gasteiger partial charge in [-0.15, -0.1) is 18.3 Å². The Morgan fingerprint density at radius 2 is 1.83 bits per heavy atom. The topological polar surface area (TPSA) is 66.5 Å². The van der Waals surface area contributed by atoms with Crippen molar-refractivity contribution in [3.8, 4) is 0 Å². The van der Waals surface area contributed by atoms with Crippen LogP contribution in [-0.4, -0.2) is 44.0 Å². The highest BCUT2D eigenvalue weighted by Crippen LogP contribution is 2.31. The van der Waals surface area contributed by atoms with Crippen molar-refractivity contribution >= 4 is 27.7 Å². The summed E-state index contributed by atoms with van der Waals surface area (Å²) in [5.74, 6) is 0.0264. The van der Waals surface area contributed by atoms with E-state index in [2.05, 4.69) is 11.9 Å². The summed E-state index contributed by atoms with van der Waals surface area (Å²) in [6, 6.07) is 13.0. The molecule has 2 aromatic carbocycles. The van der Waals surface area contributed by atoms with Gasteiger partial charge in [0.05, 0.1) is 17.0 Å². The molecular formula is C20H21F3N2O3S2. The number of carbonyl (C=O) groups is 1. The molecule has 0 aromatic heterocycles. The minimum absolute atomic E-state index is 0.217. The van der Waals surface area contributed by atoms with E-state index in [0.717, 1.165) is 27.4 Å². The number of halogens is 3. The van der Waals surface area contributed by atoms with E-state index in [9.17, 15) is 26.4 Å². The summed E-state index contributed by atoms with van der Waals surface area (Å²) in [7, 11) is -4.32. The third-order valence-electron chi connectivity index (χ3n) is 3.89. The van der Waals surface area contributed by atoms with Crippen LogP contribution in [0.15, 0.2) is 77.0 Å². The lowest BCUT2D eigenvalue weighted by Crippen LogP contribution is -2.41. The van der Waals surface area contributed by atoms with Gasteiger partial charge in [0.15, 0.2) is 0 Å². The Kier molecular flexibility index (Phi) is 8.51. The zero-order valence-corrected chi connectivity index (χ0v) is 17.6. The van der Waals surface area contributed by atoms with Crippen molar-refractivity contribution in [1.29, 1.82) is 0 Å². The van der Waals surface area contributed by atoms with Gasteiger partial charge in [0.25, 0.3) is 0 Å². The number of amides is 1. The van der Waals surface area contributed by atoms with E-state index in [1.54, 1.807) is 0 Å². The van der Waals surface area contributed by atoms with Crippen LogP contribution in [0.3, 0.4) is 0 Å². The molecule has 0 aliphatic rings. The van der Waals surface area contributed by atoms with Crippen molar-refractivity contribution in [1.82, 2.24) is 9.62 Å². The number of thioether (sulfide) groups is 1. The Morgan fingerprint density at radius 3 is 2.47 bits per heavy atom. The molecule has 10 heteroatoms. The van der Waals surface area contributed by atoms with E-state index >= 15 is 0 Å². The molecule has 0 fully saturated rings. The predicted molar refractivity (Wildman–Crippen MR) is 111 cm³/mol. The number of hydrogen-bond acceptors (Lipinski definition) is 4. The quantitative estimate of drug-likeness (QED) is 0.334. The Balaban J connectivity index is 2.01. The van der Waals surface area contributed by atoms with E-state index in [-0.39, 0.29) is 6.54 Å². The highest BCUT2D eigenvalue weighted by molar-refractivity contribution is 7.99. The minimum Gasteiger partial charge on any atom is -0.354 e. The van der Waals surface area contributed by atoms with Crippen LogP contribution in [0.4, 0.5) is 13.2 Å². The third kappa shape index (κ3) is 6.89. The highest BCUT2D eigenvalue weighted by Gasteiger charge is 2.33. The standard InChI is InChI=1S/C20H21F3N2O3S2/c1-2-12-25(15-19(26)24-11-13-29-17-8-4-3-5-9-17)30(27,28)18-10-6-7-16(14-18)20(21,22)23/h2-10,14H,1,11-13,15H2,(H,24,26). The van der Waals surface area contributed by atoms with Gasteiger partial charge in [0.1, 0.15) is 0 Å². The normalized spacial score (nSPS) is 12.0. The van der Waals surface area contributed by atoms with Crippen molar-refractivity contribution < 1.29 is 26.4 Å². The molecule has 0 spiro atoms. The molecule has 0 unspecified atom stereocenters. The van der Waals surface area contributed by atoms with E-state index in [1.807, 2.05) is 30.3 Å². The summed E-state index contributed by atoms with van der Waals surface area (Å²) in [6.45, 7) is 3.02. The first kappa shape index (κ1) is 24.0. The second-order valence-electron chi connectivity index (χ2n) is 6.12. The van der Waals surface area contributed by atoms with Gasteiger partial charge in [-0.3, -0.25) is 4.79 Å². The average Bonchev–Trinajstić information content (AvgIpc) is 2.71. The molecule has 0 heterocycles. The van der Waals surface area contributed by atoms with Gasteiger partial charge in [-0.1, -0.05) is 30.3 Å². The number of hydrogen-bond donors (Lipinski definition) is 1. The Morgan fingerprint density at radius 1 is 1.13 bits per heavy atom. The lowest BCUT2D eigenvalue weighted by Gasteiger charge is -2.21. The fourth-order valence-electron chi connectivity index (χ4n) is 2.47. The molecule has 162 valence electrons. The number of sulfonamides is 1. The molecule has 0 atom stereocenters. The van der Waals surface area contributed by atoms with E-state index in [4.69, 9.17) is 0 Å². The van der Waals surface area contributed by atoms with Crippen LogP contribution in [0.1, 0.15) is 5.56 Å². The van der Waals surface area contributed by atoms with Crippen LogP contribution >= 0.6 is 11.8 Å². The Labute approximate surface area is 178 Å². The summed E-state index contributed by atoms with van der Waals surface area (Å²) in [6.07, 6.45) is -3.41. The SMILES string of the molecule is C=CCN(CC(=O)NCCSc1ccccc1)S(=O)(=O)c1cccc(C(F)(F)F)c1. The zero-order chi connectivity index (χ0) is 22.2. The van der Waals surface area contributed by atoms with Crippen LogP contribution in [-0.2, 0) is 21.0 Å². The third-order valence-corrected chi connectivity index (χ3v) is 6.71. The molecule has 0 bridgehead atoms. The number of rotatable bonds is 10. The molecule has 1 N–H and O–H groups in total. The molecule has 0 aliphatic carbocycles. The van der Waals surface area contributed by atoms with Crippen LogP contribution in [0, 0.1) is 0 Å². The van der Waals surface area contributed by atoms with E-state index in [0.29, 0.717) is 18.4 Å². The van der Waals surface area contributed by atoms with Gasteiger partial charge in [-0.05, 0) is 30.3 Å². The van der Waals surface area contributed by atoms with E-state index in [1.165, 1.54) is 17.8 Å². The summed E-state index contributed by atoms with van der Waals surface area (Å²) < 4.78 is 65.1. The first-order valence-corrected chi connectivity index (χ1v) is 11.3. The van der Waals surface area contributed by atoms with Crippen molar-refractivity contribution in [3.05, 3.63) is 72.8 Å². The minimum atomic E-state index is -4.68. The maximum Gasteiger partial charge on any atom is 0.416 e. The zero-order valence-electron chi connectivity index (χ0n) is 15.9. The van der Waals surface area contributed by atoms with Crippen molar-refractivity contribution in [2.75, 3.05) is 25.4 Å². The predicted octanol–water partition coefficient (Wildman–Crippen LogP) is 3.79. The summed E-state index contributed by atoms with van der Waals surface area (Å²) >= 11 is 1.53. The van der Waals surface area contributed by atoms with Crippen molar-refractivity contribution in [2.45, 2.75) is 16.0 Å². The molecule has 0 aliphatic heterocycles. The lowest BCUT2D eigenvalue weighted by atomic mass is 10.2. The fourth-order valence-corrected chi connectivity index (χ4v) is 4.67. The fraction of sp³-hybridized carbons (Fsp3) is 0.250. The second-order valence-corrected chi connectivity index (χ2v) is 9.23. The van der Waals surface area contributed by atoms with Crippen molar-refractivity contribution in [3.63, 3.8) is 0 Å². The van der Waals surface area contributed by atoms with Crippen LogP contribution < -0.4 is 5.32 Å². The van der Waals surface area contributed by atoms with Gasteiger partial charge in [-0.2, -0.15) is 17.5 Å². The molecule has 1 amide bonds. The monoisotopic (exact) mass is 458 g/mol. The summed E-state index contributed by atoms with van der Waals surface area (Å²) in [4.78, 5) is 12.7. The molecule has 0 saturated heterocycles. The number of carbonyl (C=O) groups excluding carboxylic acids is 1. The summed E-state index contributed by atoms with van der Waals surface area (Å²) in [5.41, 5.74) is -1.08. The second kappa shape index (κ2) is 10.6. The molecule has 5 nitrogen and oxygen atoms in total. The smallest absolute Gasteiger partial charge is 0.354 e. The molecular weight excluding hydrogens is 437 g/mol. The van der Waals surface area contributed by atoms with Gasteiger partial charge >= 0.3 is 6.18 Å². The first-order chi connectivity index (χ1) is 14.1. The average molecular weight is 459 g/mol. The first-order valence-electron chi connectivity index (χ1n) is 8.87. The van der Waals surface area contributed by atoms with Gasteiger partial charge in [0.2, 0.25) is 15.9 Å². The number of nitrogens with zero attached hydrogens (tertiary/aromatic N) is 1. The van der Waals surface area contributed by atoms with Crippen molar-refractivity contribution in [2.24, 2.45) is 0 Å². The maximum absolute atomic E-state index is 12.9. The van der Waals surface area contributed by atoms with Crippen LogP contribution in [0.2, 0.25) is 0 Å². The molecule has 2 aromatic rings. The summed E-state index contributed by atoms with van der Waals surface area (Å²) in [5, 5.41) is 2.62. The van der Waals surface area contributed by atoms with Gasteiger partial charge < -0.3 is 5.32 Å². The largest absolute Gasteiger partial charge is 0.416 e. The lowest BCUT2D eigenvalue weighted by molar-refractivity contribution is -0.137. The number of benzene rings is 2.